The molecule has 1 aromatic heterocycles. The zero-order chi connectivity index (χ0) is 15.3. The number of carbonyl (C=O) groups excluding carboxylic acids is 1. The van der Waals surface area contributed by atoms with Crippen molar-refractivity contribution in [2.24, 2.45) is 0 Å². The van der Waals surface area contributed by atoms with Crippen molar-refractivity contribution >= 4 is 17.6 Å². The van der Waals surface area contributed by atoms with Gasteiger partial charge in [0.05, 0.1) is 11.9 Å². The van der Waals surface area contributed by atoms with Gasteiger partial charge >= 0.3 is 6.09 Å². The highest BCUT2D eigenvalue weighted by molar-refractivity contribution is 5.83. The standard InChI is InChI=1S/C15H24N4O2/c1-15(2,3)21-14(20)19-13-7-6-12(10-17-13)18-11-5-4-8-16-9-11/h6-7,10-11,16,18H,4-5,8-9H2,1-3H3,(H,17,19,20). The average molecular weight is 292 g/mol. The number of amides is 1. The predicted molar refractivity (Wildman–Crippen MR) is 83.6 cm³/mol. The minimum atomic E-state index is -0.514. The van der Waals surface area contributed by atoms with E-state index >= 15 is 0 Å². The summed E-state index contributed by atoms with van der Waals surface area (Å²) < 4.78 is 5.18. The van der Waals surface area contributed by atoms with Gasteiger partial charge in [-0.1, -0.05) is 0 Å². The normalized spacial score (nSPS) is 18.9. The quantitative estimate of drug-likeness (QED) is 0.798. The number of hydrogen-bond donors (Lipinski definition) is 3. The third-order valence-corrected chi connectivity index (χ3v) is 3.06. The summed E-state index contributed by atoms with van der Waals surface area (Å²) in [6.07, 6.45) is 3.57. The van der Waals surface area contributed by atoms with E-state index in [0.717, 1.165) is 25.2 Å². The van der Waals surface area contributed by atoms with Crippen molar-refractivity contribution < 1.29 is 9.53 Å². The Balaban J connectivity index is 1.85. The van der Waals surface area contributed by atoms with Crippen LogP contribution in [0.25, 0.3) is 0 Å². The Morgan fingerprint density at radius 2 is 2.24 bits per heavy atom. The third-order valence-electron chi connectivity index (χ3n) is 3.06. The molecule has 2 rings (SSSR count). The summed E-state index contributed by atoms with van der Waals surface area (Å²) in [5.74, 6) is 0.483. The first kappa shape index (κ1) is 15.6. The van der Waals surface area contributed by atoms with Crippen LogP contribution < -0.4 is 16.0 Å². The fraction of sp³-hybridized carbons (Fsp3) is 0.600. The number of carbonyl (C=O) groups is 1. The number of rotatable bonds is 3. The Bertz CT molecular complexity index is 462. The molecule has 1 unspecified atom stereocenters. The smallest absolute Gasteiger partial charge is 0.413 e. The summed E-state index contributed by atoms with van der Waals surface area (Å²) in [7, 11) is 0. The van der Waals surface area contributed by atoms with Crippen molar-refractivity contribution in [3.63, 3.8) is 0 Å². The first-order valence-electron chi connectivity index (χ1n) is 7.36. The van der Waals surface area contributed by atoms with E-state index in [1.54, 1.807) is 12.3 Å². The van der Waals surface area contributed by atoms with Gasteiger partial charge in [-0.05, 0) is 52.3 Å². The molecule has 1 aromatic rings. The molecule has 0 bridgehead atoms. The minimum absolute atomic E-state index is 0.435. The van der Waals surface area contributed by atoms with Crippen LogP contribution in [0.1, 0.15) is 33.6 Å². The van der Waals surface area contributed by atoms with Crippen LogP contribution in [-0.2, 0) is 4.74 Å². The Labute approximate surface area is 125 Å². The lowest BCUT2D eigenvalue weighted by Gasteiger charge is -2.24. The molecule has 1 amide bonds. The van der Waals surface area contributed by atoms with Crippen LogP contribution in [0.3, 0.4) is 0 Å². The Hall–Kier alpha value is -1.82. The second-order valence-corrected chi connectivity index (χ2v) is 6.25. The van der Waals surface area contributed by atoms with E-state index in [4.69, 9.17) is 4.74 Å². The predicted octanol–water partition coefficient (Wildman–Crippen LogP) is 2.59. The van der Waals surface area contributed by atoms with Gasteiger partial charge in [0.2, 0.25) is 0 Å². The van der Waals surface area contributed by atoms with Crippen LogP contribution in [0.5, 0.6) is 0 Å². The summed E-state index contributed by atoms with van der Waals surface area (Å²) in [5.41, 5.74) is 0.443. The fourth-order valence-electron chi connectivity index (χ4n) is 2.17. The molecule has 1 aliphatic heterocycles. The van der Waals surface area contributed by atoms with Gasteiger partial charge in [-0.25, -0.2) is 9.78 Å². The molecule has 1 fully saturated rings. The summed E-state index contributed by atoms with van der Waals surface area (Å²) in [5, 5.41) is 9.41. The summed E-state index contributed by atoms with van der Waals surface area (Å²) in [6, 6.07) is 4.11. The van der Waals surface area contributed by atoms with E-state index in [2.05, 4.69) is 20.9 Å². The molecule has 1 atom stereocenters. The second-order valence-electron chi connectivity index (χ2n) is 6.25. The summed E-state index contributed by atoms with van der Waals surface area (Å²) in [6.45, 7) is 7.54. The van der Waals surface area contributed by atoms with Gasteiger partial charge in [-0.2, -0.15) is 0 Å². The molecule has 6 heteroatoms. The van der Waals surface area contributed by atoms with Crippen molar-refractivity contribution in [1.82, 2.24) is 10.3 Å². The van der Waals surface area contributed by atoms with Gasteiger partial charge in [0.15, 0.2) is 0 Å². The van der Waals surface area contributed by atoms with Crippen molar-refractivity contribution in [3.8, 4) is 0 Å². The Morgan fingerprint density at radius 1 is 1.43 bits per heavy atom. The molecule has 116 valence electrons. The summed E-state index contributed by atoms with van der Waals surface area (Å²) in [4.78, 5) is 15.9. The number of aromatic nitrogens is 1. The van der Waals surface area contributed by atoms with Gasteiger partial charge in [0.25, 0.3) is 0 Å². The zero-order valence-electron chi connectivity index (χ0n) is 12.9. The fourth-order valence-corrected chi connectivity index (χ4v) is 2.17. The number of nitrogens with zero attached hydrogens (tertiary/aromatic N) is 1. The Kier molecular flexibility index (Phi) is 5.01. The highest BCUT2D eigenvalue weighted by atomic mass is 16.6. The van der Waals surface area contributed by atoms with Crippen molar-refractivity contribution in [2.75, 3.05) is 23.7 Å². The van der Waals surface area contributed by atoms with Crippen LogP contribution in [0.15, 0.2) is 18.3 Å². The average Bonchev–Trinajstić information content (AvgIpc) is 2.40. The van der Waals surface area contributed by atoms with Crippen LogP contribution in [-0.4, -0.2) is 35.8 Å². The molecule has 1 aliphatic rings. The van der Waals surface area contributed by atoms with Crippen molar-refractivity contribution in [2.45, 2.75) is 45.3 Å². The van der Waals surface area contributed by atoms with Gasteiger partial charge in [0, 0.05) is 12.6 Å². The lowest BCUT2D eigenvalue weighted by molar-refractivity contribution is 0.0635. The third kappa shape index (κ3) is 5.59. The topological polar surface area (TPSA) is 75.3 Å². The monoisotopic (exact) mass is 292 g/mol. The molecule has 0 aliphatic carbocycles. The van der Waals surface area contributed by atoms with E-state index in [0.29, 0.717) is 11.9 Å². The molecule has 1 saturated heterocycles. The van der Waals surface area contributed by atoms with Crippen molar-refractivity contribution in [3.05, 3.63) is 18.3 Å². The number of ether oxygens (including phenoxy) is 1. The first-order valence-corrected chi connectivity index (χ1v) is 7.36. The van der Waals surface area contributed by atoms with Gasteiger partial charge in [-0.15, -0.1) is 0 Å². The highest BCUT2D eigenvalue weighted by Gasteiger charge is 2.16. The number of nitrogens with one attached hydrogen (secondary N) is 3. The number of anilines is 2. The second kappa shape index (κ2) is 6.76. The maximum absolute atomic E-state index is 11.6. The lowest BCUT2D eigenvalue weighted by atomic mass is 10.1. The van der Waals surface area contributed by atoms with Crippen LogP contribution in [0.4, 0.5) is 16.3 Å². The molecule has 0 aromatic carbocycles. The number of hydrogen-bond acceptors (Lipinski definition) is 5. The zero-order valence-corrected chi connectivity index (χ0v) is 12.9. The number of piperidine rings is 1. The van der Waals surface area contributed by atoms with Crippen molar-refractivity contribution in [1.29, 1.82) is 0 Å². The lowest BCUT2D eigenvalue weighted by Crippen LogP contribution is -2.38. The molecule has 3 N–H and O–H groups in total. The van der Waals surface area contributed by atoms with Gasteiger partial charge < -0.3 is 15.4 Å². The molecule has 21 heavy (non-hydrogen) atoms. The molecule has 0 saturated carbocycles. The first-order chi connectivity index (χ1) is 9.92. The minimum Gasteiger partial charge on any atom is -0.444 e. The molecular formula is C15H24N4O2. The molecular weight excluding hydrogens is 268 g/mol. The molecule has 2 heterocycles. The number of pyridine rings is 1. The summed E-state index contributed by atoms with van der Waals surface area (Å²) >= 11 is 0. The maximum atomic E-state index is 11.6. The van der Waals surface area contributed by atoms with E-state index in [1.165, 1.54) is 6.42 Å². The van der Waals surface area contributed by atoms with Crippen LogP contribution in [0, 0.1) is 0 Å². The van der Waals surface area contributed by atoms with Gasteiger partial charge in [0.1, 0.15) is 11.4 Å². The molecule has 6 nitrogen and oxygen atoms in total. The SMILES string of the molecule is CC(C)(C)OC(=O)Nc1ccc(NC2CCCNC2)cn1. The maximum Gasteiger partial charge on any atom is 0.413 e. The van der Waals surface area contributed by atoms with Crippen LogP contribution in [0.2, 0.25) is 0 Å². The van der Waals surface area contributed by atoms with E-state index in [9.17, 15) is 4.79 Å². The van der Waals surface area contributed by atoms with Crippen LogP contribution >= 0.6 is 0 Å². The van der Waals surface area contributed by atoms with E-state index < -0.39 is 11.7 Å². The Morgan fingerprint density at radius 3 is 2.81 bits per heavy atom. The largest absolute Gasteiger partial charge is 0.444 e. The van der Waals surface area contributed by atoms with Gasteiger partial charge in [-0.3, -0.25) is 5.32 Å². The highest BCUT2D eigenvalue weighted by Crippen LogP contribution is 2.15. The molecule has 0 spiro atoms. The van der Waals surface area contributed by atoms with E-state index in [1.807, 2.05) is 26.8 Å². The van der Waals surface area contributed by atoms with E-state index in [-0.39, 0.29) is 0 Å². The molecule has 0 radical (unpaired) electrons.